The summed E-state index contributed by atoms with van der Waals surface area (Å²) in [6.07, 6.45) is -0.739. The molecule has 0 aliphatic carbocycles. The van der Waals surface area contributed by atoms with Crippen LogP contribution in [-0.2, 0) is 14.8 Å². The maximum Gasteiger partial charge on any atom is 0.265 e. The Hall–Kier alpha value is -3.46. The van der Waals surface area contributed by atoms with E-state index in [9.17, 15) is 13.2 Å². The number of hydrogen-bond donors (Lipinski definition) is 2. The summed E-state index contributed by atoms with van der Waals surface area (Å²) in [5, 5.41) is 2.75. The molecule has 0 fully saturated rings. The van der Waals surface area contributed by atoms with Crippen LogP contribution in [0.3, 0.4) is 0 Å². The maximum absolute atomic E-state index is 12.7. The van der Waals surface area contributed by atoms with Crippen LogP contribution >= 0.6 is 0 Å². The van der Waals surface area contributed by atoms with Crippen molar-refractivity contribution in [1.29, 1.82) is 0 Å². The van der Waals surface area contributed by atoms with Crippen LogP contribution in [0.5, 0.6) is 5.75 Å². The lowest BCUT2D eigenvalue weighted by molar-refractivity contribution is -0.122. The number of ether oxygens (including phenoxy) is 1. The third-order valence-corrected chi connectivity index (χ3v) is 6.42. The van der Waals surface area contributed by atoms with Gasteiger partial charge in [0.25, 0.3) is 15.9 Å². The van der Waals surface area contributed by atoms with Crippen LogP contribution in [0.25, 0.3) is 0 Å². The summed E-state index contributed by atoms with van der Waals surface area (Å²) in [7, 11) is -3.87. The minimum atomic E-state index is -3.87. The zero-order chi connectivity index (χ0) is 24.3. The largest absolute Gasteiger partial charge is 0.481 e. The number of anilines is 2. The van der Waals surface area contributed by atoms with Gasteiger partial charge < -0.3 is 10.1 Å². The predicted octanol–water partition coefficient (Wildman–Crippen LogP) is 4.23. The second-order valence-electron chi connectivity index (χ2n) is 8.06. The first kappa shape index (κ1) is 24.2. The lowest BCUT2D eigenvalue weighted by Gasteiger charge is -2.18. The number of nitrogens with zero attached hydrogens (tertiary/aromatic N) is 2. The molecule has 174 valence electrons. The molecule has 0 radical (unpaired) electrons. The third kappa shape index (κ3) is 6.07. The Morgan fingerprint density at radius 2 is 1.55 bits per heavy atom. The zero-order valence-electron chi connectivity index (χ0n) is 19.6. The van der Waals surface area contributed by atoms with E-state index in [-0.39, 0.29) is 16.8 Å². The highest BCUT2D eigenvalue weighted by Gasteiger charge is 2.19. The zero-order valence-corrected chi connectivity index (χ0v) is 20.4. The molecule has 2 N–H and O–H groups in total. The van der Waals surface area contributed by atoms with Crippen LogP contribution in [0.4, 0.5) is 11.6 Å². The Kier molecular flexibility index (Phi) is 7.02. The number of aromatic nitrogens is 2. The molecule has 1 amide bonds. The molecule has 1 aromatic heterocycles. The molecule has 8 nitrogen and oxygen atoms in total. The number of aryl methyl sites for hydroxylation is 4. The highest BCUT2D eigenvalue weighted by atomic mass is 32.2. The van der Waals surface area contributed by atoms with E-state index >= 15 is 0 Å². The summed E-state index contributed by atoms with van der Waals surface area (Å²) >= 11 is 0. The van der Waals surface area contributed by atoms with Crippen molar-refractivity contribution in [3.05, 3.63) is 70.5 Å². The molecule has 3 rings (SSSR count). The van der Waals surface area contributed by atoms with Gasteiger partial charge in [0.2, 0.25) is 5.95 Å². The predicted molar refractivity (Wildman–Crippen MR) is 128 cm³/mol. The van der Waals surface area contributed by atoms with Gasteiger partial charge in [-0.15, -0.1) is 0 Å². The van der Waals surface area contributed by atoms with Gasteiger partial charge in [-0.05, 0) is 94.6 Å². The molecule has 0 aliphatic heterocycles. The van der Waals surface area contributed by atoms with Crippen molar-refractivity contribution in [2.24, 2.45) is 0 Å². The molecule has 0 saturated heterocycles. The Morgan fingerprint density at radius 1 is 0.939 bits per heavy atom. The van der Waals surface area contributed by atoms with Gasteiger partial charge in [-0.3, -0.25) is 4.79 Å². The molecule has 1 atom stereocenters. The number of benzene rings is 2. The summed E-state index contributed by atoms with van der Waals surface area (Å²) in [5.41, 5.74) is 4.90. The van der Waals surface area contributed by atoms with Crippen molar-refractivity contribution in [3.63, 3.8) is 0 Å². The molecule has 3 aromatic rings. The van der Waals surface area contributed by atoms with E-state index in [0.29, 0.717) is 22.8 Å². The quantitative estimate of drug-likeness (QED) is 0.537. The molecule has 9 heteroatoms. The summed E-state index contributed by atoms with van der Waals surface area (Å²) < 4.78 is 33.6. The molecule has 33 heavy (non-hydrogen) atoms. The van der Waals surface area contributed by atoms with E-state index < -0.39 is 16.1 Å². The number of rotatable bonds is 7. The molecule has 0 aliphatic rings. The average Bonchev–Trinajstić information content (AvgIpc) is 2.70. The first-order chi connectivity index (χ1) is 15.4. The van der Waals surface area contributed by atoms with Crippen LogP contribution in [0, 0.1) is 34.6 Å². The Bertz CT molecular complexity index is 1270. The normalized spacial score (nSPS) is 12.2. The van der Waals surface area contributed by atoms with Gasteiger partial charge in [-0.25, -0.2) is 23.1 Å². The van der Waals surface area contributed by atoms with Gasteiger partial charge in [-0.2, -0.15) is 0 Å². The summed E-state index contributed by atoms with van der Waals surface area (Å²) in [5.74, 6) is 0.333. The number of amides is 1. The van der Waals surface area contributed by atoms with E-state index in [0.717, 1.165) is 16.7 Å². The molecule has 0 bridgehead atoms. The van der Waals surface area contributed by atoms with Crippen LogP contribution in [0.1, 0.15) is 35.0 Å². The molecule has 0 saturated carbocycles. The average molecular weight is 469 g/mol. The first-order valence-corrected chi connectivity index (χ1v) is 11.9. The van der Waals surface area contributed by atoms with Crippen molar-refractivity contribution in [3.8, 4) is 5.75 Å². The van der Waals surface area contributed by atoms with E-state index in [4.69, 9.17) is 4.74 Å². The third-order valence-electron chi connectivity index (χ3n) is 5.08. The van der Waals surface area contributed by atoms with Crippen molar-refractivity contribution in [1.82, 2.24) is 9.97 Å². The number of nitrogens with one attached hydrogen (secondary N) is 2. The molecule has 2 aromatic carbocycles. The molecule has 1 unspecified atom stereocenters. The Labute approximate surface area is 194 Å². The molecular formula is C24H28N4O4S. The Balaban J connectivity index is 1.68. The van der Waals surface area contributed by atoms with Crippen molar-refractivity contribution in [2.75, 3.05) is 10.0 Å². The van der Waals surface area contributed by atoms with Gasteiger partial charge in [-0.1, -0.05) is 6.07 Å². The standard InChI is InChI=1S/C24H28N4O4S/c1-14-11-15(2)18(5)22(12-14)32-19(6)23(29)27-20-7-9-21(10-8-20)33(30,31)28-24-25-16(3)13-17(4)26-24/h7-13,19H,1-6H3,(H,27,29)(H,25,26,28). The fourth-order valence-corrected chi connectivity index (χ4v) is 4.22. The van der Waals surface area contributed by atoms with Crippen molar-refractivity contribution in [2.45, 2.75) is 52.5 Å². The summed E-state index contributed by atoms with van der Waals surface area (Å²) in [6, 6.07) is 11.6. The van der Waals surface area contributed by atoms with Gasteiger partial charge in [0.05, 0.1) is 4.90 Å². The fourth-order valence-electron chi connectivity index (χ4n) is 3.28. The van der Waals surface area contributed by atoms with Gasteiger partial charge >= 0.3 is 0 Å². The lowest BCUT2D eigenvalue weighted by atomic mass is 10.1. The lowest BCUT2D eigenvalue weighted by Crippen LogP contribution is -2.30. The summed E-state index contributed by atoms with van der Waals surface area (Å²) in [4.78, 5) is 20.8. The van der Waals surface area contributed by atoms with Gasteiger partial charge in [0.1, 0.15) is 5.75 Å². The van der Waals surface area contributed by atoms with Crippen LogP contribution in [0.15, 0.2) is 47.4 Å². The second kappa shape index (κ2) is 9.58. The Morgan fingerprint density at radius 3 is 2.15 bits per heavy atom. The maximum atomic E-state index is 12.7. The highest BCUT2D eigenvalue weighted by molar-refractivity contribution is 7.92. The van der Waals surface area contributed by atoms with Gasteiger partial charge in [0, 0.05) is 17.1 Å². The van der Waals surface area contributed by atoms with Crippen molar-refractivity contribution < 1.29 is 17.9 Å². The smallest absolute Gasteiger partial charge is 0.265 e. The minimum Gasteiger partial charge on any atom is -0.481 e. The van der Waals surface area contributed by atoms with E-state index in [2.05, 4.69) is 26.1 Å². The fraction of sp³-hybridized carbons (Fsp3) is 0.292. The van der Waals surface area contributed by atoms with Crippen molar-refractivity contribution >= 4 is 27.6 Å². The SMILES string of the molecule is Cc1cc(C)c(C)c(OC(C)C(=O)Nc2ccc(S(=O)(=O)Nc3nc(C)cc(C)n3)cc2)c1. The molecule has 1 heterocycles. The number of carbonyl (C=O) groups is 1. The number of sulfonamides is 1. The number of carbonyl (C=O) groups excluding carboxylic acids is 1. The topological polar surface area (TPSA) is 110 Å². The van der Waals surface area contributed by atoms with Crippen LogP contribution < -0.4 is 14.8 Å². The van der Waals surface area contributed by atoms with Crippen LogP contribution in [0.2, 0.25) is 0 Å². The molecular weight excluding hydrogens is 440 g/mol. The second-order valence-corrected chi connectivity index (χ2v) is 9.74. The van der Waals surface area contributed by atoms with Gasteiger partial charge in [0.15, 0.2) is 6.10 Å². The monoisotopic (exact) mass is 468 g/mol. The first-order valence-electron chi connectivity index (χ1n) is 10.4. The molecule has 0 spiro atoms. The van der Waals surface area contributed by atoms with E-state index in [1.165, 1.54) is 24.3 Å². The minimum absolute atomic E-state index is 0.0116. The summed E-state index contributed by atoms with van der Waals surface area (Å²) in [6.45, 7) is 11.1. The van der Waals surface area contributed by atoms with Crippen LogP contribution in [-0.4, -0.2) is 30.4 Å². The highest BCUT2D eigenvalue weighted by Crippen LogP contribution is 2.25. The van der Waals surface area contributed by atoms with E-state index in [1.54, 1.807) is 26.8 Å². The number of hydrogen-bond acceptors (Lipinski definition) is 6. The van der Waals surface area contributed by atoms with E-state index in [1.807, 2.05) is 26.8 Å².